The summed E-state index contributed by atoms with van der Waals surface area (Å²) in [4.78, 5) is 41.9. The first kappa shape index (κ1) is 15.7. The molecular weight excluding hydrogens is 324 g/mol. The standard InChI is InChI=1S/C18H18N2O5/c1-20-16(21)11-7-10-9-6-8(24-2)4-5-12(9)19-15(10)14(18(23)25-3)13(11)17(20)22/h4-6,11,13-14,19H,7H2,1-3H3/t11-,13-,14-/m1/s1. The molecule has 0 unspecified atom stereocenters. The van der Waals surface area contributed by atoms with Crippen LogP contribution in [0.5, 0.6) is 5.75 Å². The molecule has 1 saturated heterocycles. The van der Waals surface area contributed by atoms with Crippen molar-refractivity contribution in [1.82, 2.24) is 9.88 Å². The highest BCUT2D eigenvalue weighted by atomic mass is 16.5. The summed E-state index contributed by atoms with van der Waals surface area (Å²) in [6.45, 7) is 0. The van der Waals surface area contributed by atoms with Crippen LogP contribution >= 0.6 is 0 Å². The number of imide groups is 1. The first-order valence-electron chi connectivity index (χ1n) is 8.05. The third-order valence-electron chi connectivity index (χ3n) is 5.39. The molecule has 4 rings (SSSR count). The third-order valence-corrected chi connectivity index (χ3v) is 5.39. The number of ether oxygens (including phenoxy) is 2. The molecule has 1 aromatic heterocycles. The van der Waals surface area contributed by atoms with E-state index < -0.39 is 23.7 Å². The molecule has 1 N–H and O–H groups in total. The largest absolute Gasteiger partial charge is 0.497 e. The van der Waals surface area contributed by atoms with E-state index in [1.807, 2.05) is 18.2 Å². The second-order valence-electron chi connectivity index (χ2n) is 6.50. The Morgan fingerprint density at radius 1 is 1.24 bits per heavy atom. The number of aromatic nitrogens is 1. The predicted molar refractivity (Wildman–Crippen MR) is 88.1 cm³/mol. The number of fused-ring (bicyclic) bond motifs is 4. The molecule has 7 nitrogen and oxygen atoms in total. The first-order chi connectivity index (χ1) is 12.0. The van der Waals surface area contributed by atoms with Gasteiger partial charge in [0.2, 0.25) is 11.8 Å². The van der Waals surface area contributed by atoms with Gasteiger partial charge < -0.3 is 14.5 Å². The Morgan fingerprint density at radius 3 is 2.68 bits per heavy atom. The summed E-state index contributed by atoms with van der Waals surface area (Å²) in [5.74, 6) is -2.45. The Labute approximate surface area is 143 Å². The van der Waals surface area contributed by atoms with Crippen molar-refractivity contribution in [3.8, 4) is 5.75 Å². The Bertz CT molecular complexity index is 916. The average molecular weight is 342 g/mol. The number of carbonyl (C=O) groups excluding carboxylic acids is 3. The first-order valence-corrected chi connectivity index (χ1v) is 8.05. The predicted octanol–water partition coefficient (Wildman–Crippen LogP) is 1.22. The van der Waals surface area contributed by atoms with Gasteiger partial charge in [-0.15, -0.1) is 0 Å². The number of nitrogens with one attached hydrogen (secondary N) is 1. The zero-order valence-corrected chi connectivity index (χ0v) is 14.2. The van der Waals surface area contributed by atoms with Crippen LogP contribution < -0.4 is 4.74 Å². The van der Waals surface area contributed by atoms with Crippen LogP contribution in [0, 0.1) is 11.8 Å². The number of H-pyrrole nitrogens is 1. The molecule has 1 aliphatic carbocycles. The zero-order valence-electron chi connectivity index (χ0n) is 14.2. The molecule has 25 heavy (non-hydrogen) atoms. The number of hydrogen-bond donors (Lipinski definition) is 1. The molecule has 2 amide bonds. The Morgan fingerprint density at radius 2 is 2.00 bits per heavy atom. The minimum Gasteiger partial charge on any atom is -0.497 e. The molecule has 130 valence electrons. The van der Waals surface area contributed by atoms with Crippen LogP contribution in [0.3, 0.4) is 0 Å². The van der Waals surface area contributed by atoms with E-state index in [2.05, 4.69) is 4.98 Å². The van der Waals surface area contributed by atoms with Crippen molar-refractivity contribution in [3.63, 3.8) is 0 Å². The highest BCUT2D eigenvalue weighted by Gasteiger charge is 2.56. The summed E-state index contributed by atoms with van der Waals surface area (Å²) in [6.07, 6.45) is 0.412. The van der Waals surface area contributed by atoms with Gasteiger partial charge in [-0.25, -0.2) is 0 Å². The lowest BCUT2D eigenvalue weighted by Gasteiger charge is -2.28. The molecular formula is C18H18N2O5. The van der Waals surface area contributed by atoms with Gasteiger partial charge in [-0.2, -0.15) is 0 Å². The highest BCUT2D eigenvalue weighted by Crippen LogP contribution is 2.47. The van der Waals surface area contributed by atoms with Crippen molar-refractivity contribution < 1.29 is 23.9 Å². The summed E-state index contributed by atoms with van der Waals surface area (Å²) >= 11 is 0. The van der Waals surface area contributed by atoms with E-state index in [-0.39, 0.29) is 11.8 Å². The molecule has 0 bridgehead atoms. The van der Waals surface area contributed by atoms with Gasteiger partial charge in [0.25, 0.3) is 0 Å². The molecule has 1 aromatic carbocycles. The zero-order chi connectivity index (χ0) is 17.9. The number of carbonyl (C=O) groups is 3. The van der Waals surface area contributed by atoms with Gasteiger partial charge in [0.05, 0.1) is 26.1 Å². The number of rotatable bonds is 2. The van der Waals surface area contributed by atoms with Crippen molar-refractivity contribution >= 4 is 28.7 Å². The van der Waals surface area contributed by atoms with Crippen molar-refractivity contribution in [1.29, 1.82) is 0 Å². The van der Waals surface area contributed by atoms with E-state index in [9.17, 15) is 14.4 Å². The Balaban J connectivity index is 1.95. The summed E-state index contributed by atoms with van der Waals surface area (Å²) in [7, 11) is 4.34. The fourth-order valence-corrected chi connectivity index (χ4v) is 4.15. The van der Waals surface area contributed by atoms with Crippen molar-refractivity contribution in [2.45, 2.75) is 12.3 Å². The molecule has 0 spiro atoms. The van der Waals surface area contributed by atoms with Crippen LogP contribution in [-0.2, 0) is 25.5 Å². The number of amides is 2. The van der Waals surface area contributed by atoms with Gasteiger partial charge in [-0.1, -0.05) is 0 Å². The van der Waals surface area contributed by atoms with E-state index in [1.54, 1.807) is 7.11 Å². The van der Waals surface area contributed by atoms with E-state index in [4.69, 9.17) is 9.47 Å². The molecule has 0 radical (unpaired) electrons. The summed E-state index contributed by atoms with van der Waals surface area (Å²) < 4.78 is 10.2. The van der Waals surface area contributed by atoms with E-state index >= 15 is 0 Å². The normalized spacial score (nSPS) is 25.1. The maximum atomic E-state index is 12.6. The topological polar surface area (TPSA) is 88.7 Å². The lowest BCUT2D eigenvalue weighted by molar-refractivity contribution is -0.148. The van der Waals surface area contributed by atoms with Crippen LogP contribution in [0.2, 0.25) is 0 Å². The lowest BCUT2D eigenvalue weighted by atomic mass is 9.72. The summed E-state index contributed by atoms with van der Waals surface area (Å²) in [5.41, 5.74) is 2.38. The molecule has 7 heteroatoms. The molecule has 0 saturated carbocycles. The molecule has 2 aromatic rings. The van der Waals surface area contributed by atoms with Gasteiger partial charge in [0.15, 0.2) is 0 Å². The SMILES string of the molecule is COC(=O)[C@H]1c2[nH]c3ccc(OC)cc3c2C[C@H]2C(=O)N(C)C(=O)[C@H]21. The van der Waals surface area contributed by atoms with Crippen LogP contribution in [0.4, 0.5) is 0 Å². The molecule has 2 aliphatic rings. The number of esters is 1. The molecule has 1 aliphatic heterocycles. The lowest BCUT2D eigenvalue weighted by Crippen LogP contribution is -2.36. The molecule has 1 fully saturated rings. The number of hydrogen-bond acceptors (Lipinski definition) is 5. The Hall–Kier alpha value is -2.83. The van der Waals surface area contributed by atoms with Crippen molar-refractivity contribution in [2.24, 2.45) is 11.8 Å². The number of nitrogens with zero attached hydrogens (tertiary/aromatic N) is 1. The second kappa shape index (κ2) is 5.34. The summed E-state index contributed by atoms with van der Waals surface area (Å²) in [6, 6.07) is 5.57. The van der Waals surface area contributed by atoms with Crippen LogP contribution in [-0.4, -0.2) is 48.9 Å². The van der Waals surface area contributed by atoms with Gasteiger partial charge in [0, 0.05) is 23.6 Å². The van der Waals surface area contributed by atoms with Gasteiger partial charge in [-0.3, -0.25) is 19.3 Å². The van der Waals surface area contributed by atoms with Crippen molar-refractivity contribution in [3.05, 3.63) is 29.5 Å². The number of likely N-dealkylation sites (tertiary alicyclic amines) is 1. The molecule has 3 atom stereocenters. The highest BCUT2D eigenvalue weighted by molar-refractivity contribution is 6.08. The van der Waals surface area contributed by atoms with Crippen LogP contribution in [0.15, 0.2) is 18.2 Å². The van der Waals surface area contributed by atoms with E-state index in [1.165, 1.54) is 14.2 Å². The van der Waals surface area contributed by atoms with Crippen molar-refractivity contribution in [2.75, 3.05) is 21.3 Å². The number of methoxy groups -OCH3 is 2. The van der Waals surface area contributed by atoms with Gasteiger partial charge >= 0.3 is 5.97 Å². The number of benzene rings is 1. The van der Waals surface area contributed by atoms with E-state index in [0.29, 0.717) is 17.9 Å². The monoisotopic (exact) mass is 342 g/mol. The average Bonchev–Trinajstić information content (AvgIpc) is 3.10. The third kappa shape index (κ3) is 2.01. The van der Waals surface area contributed by atoms with Crippen LogP contribution in [0.25, 0.3) is 10.9 Å². The second-order valence-corrected chi connectivity index (χ2v) is 6.50. The molecule has 2 heterocycles. The van der Waals surface area contributed by atoms with E-state index in [0.717, 1.165) is 21.4 Å². The Kier molecular flexibility index (Phi) is 3.35. The van der Waals surface area contributed by atoms with Crippen LogP contribution in [0.1, 0.15) is 17.2 Å². The maximum absolute atomic E-state index is 12.6. The minimum absolute atomic E-state index is 0.244. The minimum atomic E-state index is -0.807. The maximum Gasteiger partial charge on any atom is 0.315 e. The number of aromatic amines is 1. The quantitative estimate of drug-likeness (QED) is 0.655. The summed E-state index contributed by atoms with van der Waals surface area (Å²) in [5, 5.41) is 0.900. The van der Waals surface area contributed by atoms with Gasteiger partial charge in [0.1, 0.15) is 11.7 Å². The smallest absolute Gasteiger partial charge is 0.315 e. The fourth-order valence-electron chi connectivity index (χ4n) is 4.15. The fraction of sp³-hybridized carbons (Fsp3) is 0.389. The van der Waals surface area contributed by atoms with Gasteiger partial charge in [-0.05, 0) is 30.2 Å².